The Morgan fingerprint density at radius 2 is 1.90 bits per heavy atom. The molecule has 0 N–H and O–H groups in total. The lowest BCUT2D eigenvalue weighted by atomic mass is 9.61. The van der Waals surface area contributed by atoms with Crippen molar-refractivity contribution in [2.75, 3.05) is 0 Å². The van der Waals surface area contributed by atoms with Crippen LogP contribution in [0, 0.1) is 11.2 Å². The minimum absolute atomic E-state index is 0.0670. The standard InChI is InChI=1S/C16H19BrClFO/c17-11-5-6-13(12(19)9-11)20-15-10-14(18)16(15)7-3-1-2-4-8-16/h5-6,9,14-15H,1-4,7-8,10H2. The molecule has 2 unspecified atom stereocenters. The van der Waals surface area contributed by atoms with Crippen molar-refractivity contribution in [3.8, 4) is 5.75 Å². The summed E-state index contributed by atoms with van der Waals surface area (Å²) in [5, 5.41) is 0.184. The highest BCUT2D eigenvalue weighted by atomic mass is 79.9. The van der Waals surface area contributed by atoms with E-state index in [2.05, 4.69) is 15.9 Å². The third-order valence-electron chi connectivity index (χ3n) is 4.88. The van der Waals surface area contributed by atoms with E-state index in [4.69, 9.17) is 16.3 Å². The first kappa shape index (κ1) is 14.6. The SMILES string of the molecule is Fc1cc(Br)ccc1OC1CC(Cl)C12CCCCCC2. The second-order valence-corrected chi connectivity index (χ2v) is 7.47. The molecule has 3 rings (SSSR count). The van der Waals surface area contributed by atoms with Crippen LogP contribution < -0.4 is 4.74 Å². The maximum atomic E-state index is 13.9. The van der Waals surface area contributed by atoms with E-state index in [1.807, 2.05) is 6.07 Å². The number of halogens is 3. The van der Waals surface area contributed by atoms with Gasteiger partial charge in [-0.25, -0.2) is 4.39 Å². The maximum absolute atomic E-state index is 13.9. The van der Waals surface area contributed by atoms with E-state index >= 15 is 0 Å². The molecular weight excluding hydrogens is 343 g/mol. The quantitative estimate of drug-likeness (QED) is 0.615. The highest BCUT2D eigenvalue weighted by Gasteiger charge is 2.55. The van der Waals surface area contributed by atoms with E-state index in [1.165, 1.54) is 31.7 Å². The van der Waals surface area contributed by atoms with Gasteiger partial charge in [0, 0.05) is 21.7 Å². The van der Waals surface area contributed by atoms with Gasteiger partial charge in [-0.05, 0) is 31.0 Å². The second kappa shape index (κ2) is 5.84. The molecule has 0 amide bonds. The molecule has 20 heavy (non-hydrogen) atoms. The molecule has 1 aromatic rings. The van der Waals surface area contributed by atoms with E-state index < -0.39 is 0 Å². The topological polar surface area (TPSA) is 9.23 Å². The normalized spacial score (nSPS) is 28.8. The first-order chi connectivity index (χ1) is 9.62. The average Bonchev–Trinajstić information content (AvgIpc) is 2.69. The molecule has 2 aliphatic rings. The highest BCUT2D eigenvalue weighted by Crippen LogP contribution is 2.55. The summed E-state index contributed by atoms with van der Waals surface area (Å²) in [4.78, 5) is 0. The Kier molecular flexibility index (Phi) is 4.28. The summed E-state index contributed by atoms with van der Waals surface area (Å²) in [5.74, 6) is 0.0477. The zero-order valence-electron chi connectivity index (χ0n) is 11.4. The van der Waals surface area contributed by atoms with Gasteiger partial charge in [-0.1, -0.05) is 41.6 Å². The predicted octanol–water partition coefficient (Wildman–Crippen LogP) is 5.69. The molecular formula is C16H19BrClFO. The minimum Gasteiger partial charge on any atom is -0.487 e. The largest absolute Gasteiger partial charge is 0.487 e. The van der Waals surface area contributed by atoms with Crippen LogP contribution in [0.4, 0.5) is 4.39 Å². The smallest absolute Gasteiger partial charge is 0.166 e. The van der Waals surface area contributed by atoms with Crippen LogP contribution in [0.3, 0.4) is 0 Å². The van der Waals surface area contributed by atoms with Crippen LogP contribution in [-0.2, 0) is 0 Å². The van der Waals surface area contributed by atoms with Crippen molar-refractivity contribution >= 4 is 27.5 Å². The Bertz CT molecular complexity index is 485. The number of benzene rings is 1. The van der Waals surface area contributed by atoms with E-state index in [9.17, 15) is 4.39 Å². The first-order valence-electron chi connectivity index (χ1n) is 7.37. The molecule has 0 aromatic heterocycles. The van der Waals surface area contributed by atoms with Gasteiger partial charge in [0.1, 0.15) is 6.10 Å². The molecule has 110 valence electrons. The van der Waals surface area contributed by atoms with Gasteiger partial charge in [0.05, 0.1) is 0 Å². The van der Waals surface area contributed by atoms with Crippen LogP contribution in [0.5, 0.6) is 5.75 Å². The summed E-state index contributed by atoms with van der Waals surface area (Å²) in [6.45, 7) is 0. The summed E-state index contributed by atoms with van der Waals surface area (Å²) in [5.41, 5.74) is 0.0670. The highest BCUT2D eigenvalue weighted by molar-refractivity contribution is 9.10. The van der Waals surface area contributed by atoms with Crippen molar-refractivity contribution in [1.82, 2.24) is 0 Å². The van der Waals surface area contributed by atoms with Gasteiger partial charge < -0.3 is 4.74 Å². The van der Waals surface area contributed by atoms with Crippen LogP contribution in [0.25, 0.3) is 0 Å². The molecule has 0 radical (unpaired) electrons. The number of alkyl halides is 1. The third-order valence-corrected chi connectivity index (χ3v) is 5.99. The van der Waals surface area contributed by atoms with Gasteiger partial charge in [-0.15, -0.1) is 11.6 Å². The lowest BCUT2D eigenvalue weighted by molar-refractivity contribution is -0.0530. The van der Waals surface area contributed by atoms with E-state index in [0.29, 0.717) is 5.75 Å². The van der Waals surface area contributed by atoms with Crippen LogP contribution in [-0.4, -0.2) is 11.5 Å². The molecule has 2 fully saturated rings. The van der Waals surface area contributed by atoms with Crippen LogP contribution in [0.15, 0.2) is 22.7 Å². The zero-order valence-corrected chi connectivity index (χ0v) is 13.7. The lowest BCUT2D eigenvalue weighted by Gasteiger charge is -2.53. The van der Waals surface area contributed by atoms with Gasteiger partial charge >= 0.3 is 0 Å². The Morgan fingerprint density at radius 3 is 2.50 bits per heavy atom. The van der Waals surface area contributed by atoms with Crippen molar-refractivity contribution in [2.45, 2.75) is 56.4 Å². The fourth-order valence-corrected chi connectivity index (χ4v) is 4.46. The number of hydrogen-bond acceptors (Lipinski definition) is 1. The molecule has 1 aromatic carbocycles. The summed E-state index contributed by atoms with van der Waals surface area (Å²) < 4.78 is 20.6. The minimum atomic E-state index is -0.304. The van der Waals surface area contributed by atoms with Crippen molar-refractivity contribution in [3.05, 3.63) is 28.5 Å². The molecule has 1 spiro atoms. The Morgan fingerprint density at radius 1 is 1.20 bits per heavy atom. The van der Waals surface area contributed by atoms with Crippen molar-refractivity contribution in [1.29, 1.82) is 0 Å². The predicted molar refractivity (Wildman–Crippen MR) is 82.9 cm³/mol. The maximum Gasteiger partial charge on any atom is 0.166 e. The molecule has 0 heterocycles. The van der Waals surface area contributed by atoms with Crippen LogP contribution >= 0.6 is 27.5 Å². The van der Waals surface area contributed by atoms with Gasteiger partial charge in [0.2, 0.25) is 0 Å². The van der Waals surface area contributed by atoms with Crippen LogP contribution in [0.2, 0.25) is 0 Å². The lowest BCUT2D eigenvalue weighted by Crippen LogP contribution is -2.57. The Balaban J connectivity index is 1.76. The molecule has 2 aliphatic carbocycles. The van der Waals surface area contributed by atoms with E-state index in [1.54, 1.807) is 6.07 Å². The van der Waals surface area contributed by atoms with Gasteiger partial charge in [0.25, 0.3) is 0 Å². The molecule has 0 bridgehead atoms. The number of ether oxygens (including phenoxy) is 1. The molecule has 0 aliphatic heterocycles. The van der Waals surface area contributed by atoms with Gasteiger partial charge in [-0.3, -0.25) is 0 Å². The zero-order chi connectivity index (χ0) is 14.2. The summed E-state index contributed by atoms with van der Waals surface area (Å²) >= 11 is 9.77. The third kappa shape index (κ3) is 2.59. The number of rotatable bonds is 2. The van der Waals surface area contributed by atoms with Crippen LogP contribution in [0.1, 0.15) is 44.9 Å². The average molecular weight is 362 g/mol. The fraction of sp³-hybridized carbons (Fsp3) is 0.625. The summed E-state index contributed by atoms with van der Waals surface area (Å²) in [7, 11) is 0. The summed E-state index contributed by atoms with van der Waals surface area (Å²) in [6.07, 6.45) is 8.12. The Hall–Kier alpha value is -0.280. The molecule has 2 saturated carbocycles. The summed E-state index contributed by atoms with van der Waals surface area (Å²) in [6, 6.07) is 4.96. The molecule has 1 nitrogen and oxygen atoms in total. The van der Waals surface area contributed by atoms with Crippen molar-refractivity contribution in [3.63, 3.8) is 0 Å². The van der Waals surface area contributed by atoms with E-state index in [0.717, 1.165) is 23.7 Å². The van der Waals surface area contributed by atoms with Crippen molar-refractivity contribution in [2.24, 2.45) is 5.41 Å². The van der Waals surface area contributed by atoms with E-state index in [-0.39, 0.29) is 22.7 Å². The molecule has 2 atom stereocenters. The number of hydrogen-bond donors (Lipinski definition) is 0. The second-order valence-electron chi connectivity index (χ2n) is 6.03. The van der Waals surface area contributed by atoms with Gasteiger partial charge in [0.15, 0.2) is 11.6 Å². The Labute approximate surface area is 133 Å². The molecule has 0 saturated heterocycles. The van der Waals surface area contributed by atoms with Crippen molar-refractivity contribution < 1.29 is 9.13 Å². The first-order valence-corrected chi connectivity index (χ1v) is 8.60. The monoisotopic (exact) mass is 360 g/mol. The van der Waals surface area contributed by atoms with Gasteiger partial charge in [-0.2, -0.15) is 0 Å². The fourth-order valence-electron chi connectivity index (χ4n) is 3.61. The molecule has 4 heteroatoms.